The maximum absolute atomic E-state index is 8.52. The molecule has 5 nitrogen and oxygen atoms in total. The van der Waals surface area contributed by atoms with Crippen molar-refractivity contribution in [2.75, 3.05) is 13.1 Å². The SMILES string of the molecule is CC1CCC(CN(CCC(N)=NO)C(C)C)O1. The lowest BCUT2D eigenvalue weighted by Gasteiger charge is -2.28. The summed E-state index contributed by atoms with van der Waals surface area (Å²) >= 11 is 0. The molecule has 0 aromatic heterocycles. The molecule has 0 amide bonds. The van der Waals surface area contributed by atoms with Crippen LogP contribution in [-0.4, -0.2) is 47.3 Å². The first-order valence-electron chi connectivity index (χ1n) is 6.38. The molecule has 2 unspecified atom stereocenters. The average molecular weight is 243 g/mol. The molecule has 0 aromatic rings. The molecule has 100 valence electrons. The van der Waals surface area contributed by atoms with Crippen LogP contribution < -0.4 is 5.73 Å². The molecule has 0 aliphatic carbocycles. The number of ether oxygens (including phenoxy) is 1. The van der Waals surface area contributed by atoms with Gasteiger partial charge in [0.2, 0.25) is 0 Å². The zero-order valence-corrected chi connectivity index (χ0v) is 11.1. The fourth-order valence-corrected chi connectivity index (χ4v) is 2.15. The predicted octanol–water partition coefficient (Wildman–Crippen LogP) is 1.40. The highest BCUT2D eigenvalue weighted by atomic mass is 16.5. The van der Waals surface area contributed by atoms with Crippen molar-refractivity contribution in [3.8, 4) is 0 Å². The van der Waals surface area contributed by atoms with Gasteiger partial charge in [0.05, 0.1) is 12.2 Å². The van der Waals surface area contributed by atoms with Crippen LogP contribution >= 0.6 is 0 Å². The van der Waals surface area contributed by atoms with Crippen molar-refractivity contribution in [1.29, 1.82) is 0 Å². The fourth-order valence-electron chi connectivity index (χ4n) is 2.15. The van der Waals surface area contributed by atoms with Crippen LogP contribution in [0.4, 0.5) is 0 Å². The normalized spacial score (nSPS) is 26.1. The van der Waals surface area contributed by atoms with E-state index in [1.807, 2.05) is 0 Å². The Morgan fingerprint density at radius 2 is 2.24 bits per heavy atom. The molecular weight excluding hydrogens is 218 g/mol. The Labute approximate surface area is 104 Å². The maximum atomic E-state index is 8.52. The van der Waals surface area contributed by atoms with Crippen LogP contribution in [0, 0.1) is 0 Å². The molecule has 0 saturated carbocycles. The topological polar surface area (TPSA) is 71.1 Å². The minimum atomic E-state index is 0.288. The van der Waals surface area contributed by atoms with Gasteiger partial charge in [-0.3, -0.25) is 4.90 Å². The lowest BCUT2D eigenvalue weighted by molar-refractivity contribution is 0.0253. The molecule has 0 radical (unpaired) electrons. The Hall–Kier alpha value is -0.810. The van der Waals surface area contributed by atoms with Gasteiger partial charge in [0.15, 0.2) is 0 Å². The molecule has 1 aliphatic heterocycles. The second-order valence-corrected chi connectivity index (χ2v) is 5.08. The Balaban J connectivity index is 2.38. The number of hydrogen-bond acceptors (Lipinski definition) is 4. The number of rotatable bonds is 6. The Morgan fingerprint density at radius 1 is 1.53 bits per heavy atom. The van der Waals surface area contributed by atoms with Crippen molar-refractivity contribution in [2.45, 2.75) is 58.3 Å². The number of oxime groups is 1. The second-order valence-electron chi connectivity index (χ2n) is 5.08. The van der Waals surface area contributed by atoms with E-state index in [4.69, 9.17) is 15.7 Å². The van der Waals surface area contributed by atoms with E-state index in [9.17, 15) is 0 Å². The standard InChI is InChI=1S/C12H25N3O2/c1-9(2)15(7-6-12(13)14-16)8-11-5-4-10(3)17-11/h9-11,16H,4-8H2,1-3H3,(H2,13,14). The highest BCUT2D eigenvalue weighted by Gasteiger charge is 2.24. The van der Waals surface area contributed by atoms with E-state index in [2.05, 4.69) is 30.8 Å². The van der Waals surface area contributed by atoms with Crippen LogP contribution in [0.2, 0.25) is 0 Å². The molecule has 5 heteroatoms. The molecule has 1 heterocycles. The van der Waals surface area contributed by atoms with Crippen molar-refractivity contribution in [1.82, 2.24) is 4.90 Å². The second kappa shape index (κ2) is 6.81. The van der Waals surface area contributed by atoms with Gasteiger partial charge in [0, 0.05) is 25.6 Å². The van der Waals surface area contributed by atoms with Crippen LogP contribution in [0.3, 0.4) is 0 Å². The van der Waals surface area contributed by atoms with E-state index in [-0.39, 0.29) is 5.84 Å². The first-order valence-corrected chi connectivity index (χ1v) is 6.38. The molecule has 17 heavy (non-hydrogen) atoms. The largest absolute Gasteiger partial charge is 0.409 e. The summed E-state index contributed by atoms with van der Waals surface area (Å²) in [6.07, 6.45) is 3.60. The summed E-state index contributed by atoms with van der Waals surface area (Å²) in [4.78, 5) is 2.32. The summed E-state index contributed by atoms with van der Waals surface area (Å²) in [6, 6.07) is 0.445. The summed E-state index contributed by atoms with van der Waals surface area (Å²) in [6.45, 7) is 8.17. The van der Waals surface area contributed by atoms with Gasteiger partial charge < -0.3 is 15.7 Å². The molecule has 3 N–H and O–H groups in total. The molecular formula is C12H25N3O2. The molecule has 1 aliphatic rings. The van der Waals surface area contributed by atoms with Gasteiger partial charge >= 0.3 is 0 Å². The highest BCUT2D eigenvalue weighted by molar-refractivity contribution is 5.79. The first-order chi connectivity index (χ1) is 8.02. The first kappa shape index (κ1) is 14.3. The van der Waals surface area contributed by atoms with Crippen LogP contribution in [0.5, 0.6) is 0 Å². The summed E-state index contributed by atoms with van der Waals surface area (Å²) < 4.78 is 5.82. The van der Waals surface area contributed by atoms with Gasteiger partial charge in [0.25, 0.3) is 0 Å². The quantitative estimate of drug-likeness (QED) is 0.320. The van der Waals surface area contributed by atoms with E-state index in [0.29, 0.717) is 24.7 Å². The molecule has 1 rings (SSSR count). The molecule has 0 spiro atoms. The predicted molar refractivity (Wildman–Crippen MR) is 68.3 cm³/mol. The van der Waals surface area contributed by atoms with Crippen LogP contribution in [-0.2, 0) is 4.74 Å². The minimum absolute atomic E-state index is 0.288. The van der Waals surface area contributed by atoms with Crippen molar-refractivity contribution >= 4 is 5.84 Å². The van der Waals surface area contributed by atoms with Gasteiger partial charge in [0.1, 0.15) is 5.84 Å². The number of amidine groups is 1. The van der Waals surface area contributed by atoms with Crippen molar-refractivity contribution in [2.24, 2.45) is 10.9 Å². The summed E-state index contributed by atoms with van der Waals surface area (Å²) in [5.74, 6) is 0.288. The van der Waals surface area contributed by atoms with Crippen LogP contribution in [0.15, 0.2) is 5.16 Å². The number of hydrogen-bond donors (Lipinski definition) is 2. The van der Waals surface area contributed by atoms with Gasteiger partial charge in [-0.2, -0.15) is 0 Å². The molecule has 1 fully saturated rings. The monoisotopic (exact) mass is 243 g/mol. The third-order valence-corrected chi connectivity index (χ3v) is 3.27. The van der Waals surface area contributed by atoms with Crippen LogP contribution in [0.25, 0.3) is 0 Å². The average Bonchev–Trinajstić information content (AvgIpc) is 2.69. The van der Waals surface area contributed by atoms with Gasteiger partial charge in [-0.15, -0.1) is 0 Å². The molecule has 0 aromatic carbocycles. The van der Waals surface area contributed by atoms with E-state index in [1.54, 1.807) is 0 Å². The lowest BCUT2D eigenvalue weighted by Crippen LogP contribution is -2.39. The van der Waals surface area contributed by atoms with E-state index in [1.165, 1.54) is 0 Å². The zero-order valence-electron chi connectivity index (χ0n) is 11.1. The van der Waals surface area contributed by atoms with Gasteiger partial charge in [-0.05, 0) is 33.6 Å². The number of nitrogens with two attached hydrogens (primary N) is 1. The van der Waals surface area contributed by atoms with Crippen molar-refractivity contribution in [3.63, 3.8) is 0 Å². The fraction of sp³-hybridized carbons (Fsp3) is 0.917. The lowest BCUT2D eigenvalue weighted by atomic mass is 10.1. The molecule has 1 saturated heterocycles. The van der Waals surface area contributed by atoms with Crippen LogP contribution in [0.1, 0.15) is 40.0 Å². The smallest absolute Gasteiger partial charge is 0.140 e. The maximum Gasteiger partial charge on any atom is 0.140 e. The summed E-state index contributed by atoms with van der Waals surface area (Å²) in [7, 11) is 0. The van der Waals surface area contributed by atoms with E-state index in [0.717, 1.165) is 25.9 Å². The Bertz CT molecular complexity index is 256. The van der Waals surface area contributed by atoms with Crippen molar-refractivity contribution in [3.05, 3.63) is 0 Å². The third-order valence-electron chi connectivity index (χ3n) is 3.27. The van der Waals surface area contributed by atoms with E-state index >= 15 is 0 Å². The van der Waals surface area contributed by atoms with E-state index < -0.39 is 0 Å². The van der Waals surface area contributed by atoms with Crippen molar-refractivity contribution < 1.29 is 9.94 Å². The molecule has 2 atom stereocenters. The van der Waals surface area contributed by atoms with Gasteiger partial charge in [-0.25, -0.2) is 0 Å². The number of nitrogens with zero attached hydrogens (tertiary/aromatic N) is 2. The van der Waals surface area contributed by atoms with Gasteiger partial charge in [-0.1, -0.05) is 5.16 Å². The summed E-state index contributed by atoms with van der Waals surface area (Å²) in [5, 5.41) is 11.5. The highest BCUT2D eigenvalue weighted by Crippen LogP contribution is 2.20. The minimum Gasteiger partial charge on any atom is -0.409 e. The Kier molecular flexibility index (Phi) is 5.71. The molecule has 0 bridgehead atoms. The summed E-state index contributed by atoms with van der Waals surface area (Å²) in [5.41, 5.74) is 5.49. The Morgan fingerprint density at radius 3 is 2.71 bits per heavy atom. The third kappa shape index (κ3) is 4.91. The zero-order chi connectivity index (χ0) is 12.8.